The molecule has 0 aliphatic carbocycles. The Labute approximate surface area is 234 Å². The predicted molar refractivity (Wildman–Crippen MR) is 175 cm³/mol. The molecule has 1 heteroatoms. The molecule has 194 valence electrons. The summed E-state index contributed by atoms with van der Waals surface area (Å²) in [7, 11) is 0. The van der Waals surface area contributed by atoms with Crippen LogP contribution >= 0.6 is 0 Å². The van der Waals surface area contributed by atoms with E-state index in [4.69, 9.17) is 0 Å². The molecule has 0 spiro atoms. The number of hydrogen-bond acceptors (Lipinski definition) is 0. The molecule has 0 aliphatic rings. The van der Waals surface area contributed by atoms with E-state index in [0.29, 0.717) is 0 Å². The van der Waals surface area contributed by atoms with Gasteiger partial charge in [0.25, 0.3) is 0 Å². The van der Waals surface area contributed by atoms with Gasteiger partial charge in [0.2, 0.25) is 6.71 Å². The van der Waals surface area contributed by atoms with Crippen LogP contribution in [0.25, 0.3) is 32.3 Å². The molecule has 39 heavy (non-hydrogen) atoms. The van der Waals surface area contributed by atoms with Gasteiger partial charge in [-0.05, 0) is 84.8 Å². The Bertz CT molecular complexity index is 1790. The summed E-state index contributed by atoms with van der Waals surface area (Å²) in [4.78, 5) is 0. The van der Waals surface area contributed by atoms with Crippen molar-refractivity contribution in [3.63, 3.8) is 0 Å². The monoisotopic (exact) mass is 506 g/mol. The number of rotatable bonds is 3. The second kappa shape index (κ2) is 8.99. The summed E-state index contributed by atoms with van der Waals surface area (Å²) in [6.07, 6.45) is 0. The molecule has 0 heterocycles. The van der Waals surface area contributed by atoms with Gasteiger partial charge in [0.05, 0.1) is 0 Å². The highest BCUT2D eigenvalue weighted by Crippen LogP contribution is 2.39. The highest BCUT2D eigenvalue weighted by Gasteiger charge is 2.30. The molecule has 0 nitrogen and oxygen atoms in total. The third kappa shape index (κ3) is 4.06. The maximum absolute atomic E-state index is 2.41. The third-order valence-corrected chi connectivity index (χ3v) is 8.87. The van der Waals surface area contributed by atoms with Gasteiger partial charge < -0.3 is 0 Å². The van der Waals surface area contributed by atoms with E-state index in [0.717, 1.165) is 0 Å². The molecule has 0 amide bonds. The lowest BCUT2D eigenvalue weighted by Gasteiger charge is -2.27. The van der Waals surface area contributed by atoms with E-state index >= 15 is 0 Å². The molecule has 6 aromatic rings. The normalized spacial score (nSPS) is 12.2. The van der Waals surface area contributed by atoms with Crippen molar-refractivity contribution in [2.45, 2.75) is 67.7 Å². The maximum Gasteiger partial charge on any atom is 0.243 e. The maximum atomic E-state index is 2.41. The Balaban J connectivity index is 1.77. The van der Waals surface area contributed by atoms with Crippen LogP contribution < -0.4 is 16.4 Å². The first kappa shape index (κ1) is 25.7. The molecule has 6 aromatic carbocycles. The van der Waals surface area contributed by atoms with E-state index < -0.39 is 0 Å². The second-order valence-corrected chi connectivity index (χ2v) is 13.0. The SMILES string of the molecule is Cc1cc(C)c(B(c2c(C)cc(C)cc2C)c2ccc3ccc4c(C(C)(C)C)ccc5ccc2c3c54)c(C)c1. The van der Waals surface area contributed by atoms with Gasteiger partial charge in [-0.1, -0.05) is 143 Å². The summed E-state index contributed by atoms with van der Waals surface area (Å²) >= 11 is 0. The molecular weight excluding hydrogens is 467 g/mol. The largest absolute Gasteiger partial charge is 0.243 e. The van der Waals surface area contributed by atoms with Gasteiger partial charge in [-0.15, -0.1) is 0 Å². The number of hydrogen-bond donors (Lipinski definition) is 0. The van der Waals surface area contributed by atoms with E-state index in [-0.39, 0.29) is 12.1 Å². The first-order valence-electron chi connectivity index (χ1n) is 14.3. The van der Waals surface area contributed by atoms with Crippen molar-refractivity contribution in [3.05, 3.63) is 112 Å². The lowest BCUT2D eigenvalue weighted by molar-refractivity contribution is 0.596. The zero-order chi connectivity index (χ0) is 27.8. The van der Waals surface area contributed by atoms with Crippen LogP contribution in [0.4, 0.5) is 0 Å². The van der Waals surface area contributed by atoms with Crippen LogP contribution in [0.3, 0.4) is 0 Å². The Morgan fingerprint density at radius 2 is 0.897 bits per heavy atom. The van der Waals surface area contributed by atoms with Crippen molar-refractivity contribution in [1.82, 2.24) is 0 Å². The van der Waals surface area contributed by atoms with Crippen molar-refractivity contribution in [3.8, 4) is 0 Å². The van der Waals surface area contributed by atoms with E-state index in [2.05, 4.69) is 135 Å². The fourth-order valence-electron chi connectivity index (χ4n) is 7.48. The molecule has 0 bridgehead atoms. The lowest BCUT2D eigenvalue weighted by atomic mass is 9.33. The van der Waals surface area contributed by atoms with Crippen LogP contribution in [0.1, 0.15) is 59.7 Å². The molecule has 0 saturated carbocycles. The zero-order valence-corrected chi connectivity index (χ0v) is 25.0. The third-order valence-electron chi connectivity index (χ3n) is 8.87. The highest BCUT2D eigenvalue weighted by molar-refractivity contribution is 6.98. The summed E-state index contributed by atoms with van der Waals surface area (Å²) in [6, 6.07) is 28.3. The molecule has 0 atom stereocenters. The molecule has 0 aliphatic heterocycles. The summed E-state index contributed by atoms with van der Waals surface area (Å²) in [6.45, 7) is 20.8. The van der Waals surface area contributed by atoms with Gasteiger partial charge in [0.15, 0.2) is 0 Å². The van der Waals surface area contributed by atoms with Crippen molar-refractivity contribution >= 4 is 55.4 Å². The fraction of sp³-hybridized carbons (Fsp3) is 0.263. The summed E-state index contributed by atoms with van der Waals surface area (Å²) in [5.74, 6) is 0. The van der Waals surface area contributed by atoms with Gasteiger partial charge >= 0.3 is 0 Å². The van der Waals surface area contributed by atoms with Crippen LogP contribution in [0, 0.1) is 41.5 Å². The first-order chi connectivity index (χ1) is 18.5. The van der Waals surface area contributed by atoms with Crippen molar-refractivity contribution in [1.29, 1.82) is 0 Å². The van der Waals surface area contributed by atoms with Gasteiger partial charge in [0.1, 0.15) is 0 Å². The second-order valence-electron chi connectivity index (χ2n) is 13.0. The van der Waals surface area contributed by atoms with Gasteiger partial charge in [-0.3, -0.25) is 0 Å². The van der Waals surface area contributed by atoms with Crippen molar-refractivity contribution < 1.29 is 0 Å². The zero-order valence-electron chi connectivity index (χ0n) is 25.0. The highest BCUT2D eigenvalue weighted by atomic mass is 14.2. The van der Waals surface area contributed by atoms with E-state index in [1.54, 1.807) is 0 Å². The molecule has 6 rings (SSSR count). The first-order valence-corrected chi connectivity index (χ1v) is 14.3. The molecule has 0 fully saturated rings. The topological polar surface area (TPSA) is 0 Å². The Morgan fingerprint density at radius 1 is 0.487 bits per heavy atom. The summed E-state index contributed by atoms with van der Waals surface area (Å²) in [5.41, 5.74) is 13.9. The van der Waals surface area contributed by atoms with Crippen molar-refractivity contribution in [2.24, 2.45) is 0 Å². The van der Waals surface area contributed by atoms with Crippen LogP contribution in [0.2, 0.25) is 0 Å². The van der Waals surface area contributed by atoms with Gasteiger partial charge in [-0.25, -0.2) is 0 Å². The minimum atomic E-state index is 0.0833. The summed E-state index contributed by atoms with van der Waals surface area (Å²) in [5, 5.41) is 8.23. The smallest absolute Gasteiger partial charge is 0.0657 e. The van der Waals surface area contributed by atoms with E-state index in [9.17, 15) is 0 Å². The van der Waals surface area contributed by atoms with Crippen LogP contribution in [-0.2, 0) is 5.41 Å². The molecule has 0 unspecified atom stereocenters. The summed E-state index contributed by atoms with van der Waals surface area (Å²) < 4.78 is 0. The van der Waals surface area contributed by atoms with E-state index in [1.165, 1.54) is 87.6 Å². The average molecular weight is 507 g/mol. The number of aryl methyl sites for hydroxylation is 6. The minimum Gasteiger partial charge on any atom is -0.0657 e. The lowest BCUT2D eigenvalue weighted by Crippen LogP contribution is -2.56. The average Bonchev–Trinajstić information content (AvgIpc) is 2.84. The quantitative estimate of drug-likeness (QED) is 0.167. The Hall–Kier alpha value is -3.58. The molecule has 0 saturated heterocycles. The molecular formula is C38H39B. The van der Waals surface area contributed by atoms with E-state index in [1.807, 2.05) is 0 Å². The standard InChI is InChI=1S/C38H39B/c1-22-18-24(3)36(25(4)19-22)39(37-26(5)20-23(2)21-27(37)6)33-17-13-29-10-14-30-32(38(7,8)9)16-12-28-11-15-31(33)35(29)34(28)30/h10-21H,1-9H3. The molecule has 0 aromatic heterocycles. The Kier molecular flexibility index (Phi) is 5.92. The molecule has 0 N–H and O–H groups in total. The van der Waals surface area contributed by atoms with Crippen molar-refractivity contribution in [2.75, 3.05) is 0 Å². The minimum absolute atomic E-state index is 0.0833. The van der Waals surface area contributed by atoms with Gasteiger partial charge in [0, 0.05) is 0 Å². The fourth-order valence-corrected chi connectivity index (χ4v) is 7.48. The van der Waals surface area contributed by atoms with Crippen LogP contribution in [-0.4, -0.2) is 6.71 Å². The van der Waals surface area contributed by atoms with Crippen LogP contribution in [0.5, 0.6) is 0 Å². The predicted octanol–water partition coefficient (Wildman–Crippen LogP) is 8.25. The Morgan fingerprint density at radius 3 is 1.38 bits per heavy atom. The van der Waals surface area contributed by atoms with Crippen LogP contribution in [0.15, 0.2) is 72.8 Å². The van der Waals surface area contributed by atoms with Gasteiger partial charge in [-0.2, -0.15) is 0 Å². The molecule has 0 radical (unpaired) electrons. The number of benzene rings is 6.